The summed E-state index contributed by atoms with van der Waals surface area (Å²) in [4.78, 5) is 6.80. The minimum absolute atomic E-state index is 0.203. The second kappa shape index (κ2) is 4.19. The van der Waals surface area contributed by atoms with Crippen LogP contribution in [0.25, 0.3) is 0 Å². The van der Waals surface area contributed by atoms with Gasteiger partial charge in [0.15, 0.2) is 0 Å². The number of nitrogens with two attached hydrogens (primary N) is 1. The monoisotopic (exact) mass is 205 g/mol. The van der Waals surface area contributed by atoms with Crippen molar-refractivity contribution in [2.75, 3.05) is 11.4 Å². The maximum absolute atomic E-state index is 5.86. The Hall–Kier alpha value is -1.09. The van der Waals surface area contributed by atoms with Gasteiger partial charge >= 0.3 is 0 Å². The fourth-order valence-electron chi connectivity index (χ4n) is 1.76. The molecule has 2 N–H and O–H groups in total. The summed E-state index contributed by atoms with van der Waals surface area (Å²) in [6.45, 7) is 5.01. The van der Waals surface area contributed by atoms with Crippen LogP contribution in [-0.4, -0.2) is 23.6 Å². The number of anilines is 1. The molecule has 3 heteroatoms. The van der Waals surface area contributed by atoms with Crippen LogP contribution >= 0.6 is 0 Å². The molecule has 0 radical (unpaired) electrons. The summed E-state index contributed by atoms with van der Waals surface area (Å²) >= 11 is 0. The van der Waals surface area contributed by atoms with E-state index in [0.717, 1.165) is 12.4 Å². The molecule has 0 spiro atoms. The van der Waals surface area contributed by atoms with Crippen molar-refractivity contribution in [2.24, 2.45) is 5.73 Å². The van der Waals surface area contributed by atoms with Crippen molar-refractivity contribution in [2.45, 2.75) is 38.8 Å². The van der Waals surface area contributed by atoms with Gasteiger partial charge in [-0.05, 0) is 38.3 Å². The number of pyridine rings is 1. The summed E-state index contributed by atoms with van der Waals surface area (Å²) < 4.78 is 0. The van der Waals surface area contributed by atoms with Crippen LogP contribution < -0.4 is 10.6 Å². The smallest absolute Gasteiger partial charge is 0.128 e. The maximum Gasteiger partial charge on any atom is 0.128 e. The normalized spacial score (nSPS) is 17.5. The second-order valence-corrected chi connectivity index (χ2v) is 4.55. The number of aryl methyl sites for hydroxylation is 1. The highest BCUT2D eigenvalue weighted by molar-refractivity contribution is 5.42. The summed E-state index contributed by atoms with van der Waals surface area (Å²) in [6, 6.07) is 5.08. The van der Waals surface area contributed by atoms with Crippen molar-refractivity contribution in [1.82, 2.24) is 4.98 Å². The molecule has 1 aromatic heterocycles. The van der Waals surface area contributed by atoms with Gasteiger partial charge in [-0.1, -0.05) is 6.07 Å². The van der Waals surface area contributed by atoms with Crippen LogP contribution in [0.3, 0.4) is 0 Å². The fraction of sp³-hybridized carbons (Fsp3) is 0.583. The molecule has 15 heavy (non-hydrogen) atoms. The van der Waals surface area contributed by atoms with Crippen molar-refractivity contribution in [3.05, 3.63) is 23.9 Å². The van der Waals surface area contributed by atoms with Crippen LogP contribution in [0.4, 0.5) is 5.82 Å². The maximum atomic E-state index is 5.86. The van der Waals surface area contributed by atoms with E-state index in [-0.39, 0.29) is 6.04 Å². The van der Waals surface area contributed by atoms with Crippen LogP contribution in [0.15, 0.2) is 18.3 Å². The van der Waals surface area contributed by atoms with E-state index in [1.165, 1.54) is 18.4 Å². The van der Waals surface area contributed by atoms with Gasteiger partial charge in [-0.25, -0.2) is 4.98 Å². The lowest BCUT2D eigenvalue weighted by Crippen LogP contribution is -2.37. The van der Waals surface area contributed by atoms with E-state index in [4.69, 9.17) is 5.73 Å². The minimum Gasteiger partial charge on any atom is -0.352 e. The highest BCUT2D eigenvalue weighted by Crippen LogP contribution is 2.30. The highest BCUT2D eigenvalue weighted by Gasteiger charge is 2.30. The first-order valence-electron chi connectivity index (χ1n) is 5.61. The van der Waals surface area contributed by atoms with Gasteiger partial charge in [0.1, 0.15) is 5.82 Å². The lowest BCUT2D eigenvalue weighted by Gasteiger charge is -2.25. The van der Waals surface area contributed by atoms with E-state index < -0.39 is 0 Å². The molecule has 2 rings (SSSR count). The number of hydrogen-bond acceptors (Lipinski definition) is 3. The standard InChI is InChI=1S/C12H19N3/c1-9-3-6-12(14-7-9)15(8-10(2)13)11-4-5-11/h3,6-7,10-11H,4-5,8,13H2,1-2H3. The summed E-state index contributed by atoms with van der Waals surface area (Å²) in [7, 11) is 0. The van der Waals surface area contributed by atoms with Crippen molar-refractivity contribution in [3.8, 4) is 0 Å². The first-order chi connectivity index (χ1) is 7.16. The third-order valence-electron chi connectivity index (χ3n) is 2.66. The molecule has 0 saturated heterocycles. The van der Waals surface area contributed by atoms with Gasteiger partial charge in [-0.2, -0.15) is 0 Å². The van der Waals surface area contributed by atoms with Crippen LogP contribution in [0.2, 0.25) is 0 Å². The summed E-state index contributed by atoms with van der Waals surface area (Å²) in [5, 5.41) is 0. The van der Waals surface area contributed by atoms with E-state index in [1.54, 1.807) is 0 Å². The Bertz CT molecular complexity index is 314. The van der Waals surface area contributed by atoms with Gasteiger partial charge in [-0.15, -0.1) is 0 Å². The van der Waals surface area contributed by atoms with Gasteiger partial charge in [0.25, 0.3) is 0 Å². The van der Waals surface area contributed by atoms with Gasteiger partial charge in [0.2, 0.25) is 0 Å². The quantitative estimate of drug-likeness (QED) is 0.813. The molecule has 1 heterocycles. The molecule has 1 atom stereocenters. The molecule has 0 amide bonds. The first-order valence-corrected chi connectivity index (χ1v) is 5.61. The zero-order valence-electron chi connectivity index (χ0n) is 9.48. The molecule has 1 aliphatic rings. The van der Waals surface area contributed by atoms with Gasteiger partial charge < -0.3 is 10.6 Å². The highest BCUT2D eigenvalue weighted by atomic mass is 15.2. The first kappa shape index (κ1) is 10.4. The van der Waals surface area contributed by atoms with E-state index in [9.17, 15) is 0 Å². The predicted molar refractivity (Wildman–Crippen MR) is 63.0 cm³/mol. The van der Waals surface area contributed by atoms with E-state index >= 15 is 0 Å². The molecular weight excluding hydrogens is 186 g/mol. The molecule has 1 unspecified atom stereocenters. The number of aromatic nitrogens is 1. The average Bonchev–Trinajstić information content (AvgIpc) is 2.99. The van der Waals surface area contributed by atoms with Crippen LogP contribution in [0.1, 0.15) is 25.3 Å². The van der Waals surface area contributed by atoms with E-state index in [2.05, 4.69) is 28.9 Å². The largest absolute Gasteiger partial charge is 0.352 e. The molecule has 1 aliphatic carbocycles. The Labute approximate surface area is 91.3 Å². The molecule has 0 aromatic carbocycles. The van der Waals surface area contributed by atoms with Crippen LogP contribution in [0, 0.1) is 6.92 Å². The predicted octanol–water partition coefficient (Wildman–Crippen LogP) is 1.71. The number of hydrogen-bond donors (Lipinski definition) is 1. The van der Waals surface area contributed by atoms with E-state index in [1.807, 2.05) is 13.1 Å². The number of nitrogens with zero attached hydrogens (tertiary/aromatic N) is 2. The Morgan fingerprint density at radius 3 is 2.73 bits per heavy atom. The Kier molecular flexibility index (Phi) is 2.91. The molecular formula is C12H19N3. The molecule has 3 nitrogen and oxygen atoms in total. The SMILES string of the molecule is Cc1ccc(N(CC(C)N)C2CC2)nc1. The van der Waals surface area contributed by atoms with Crippen molar-refractivity contribution < 1.29 is 0 Å². The number of rotatable bonds is 4. The van der Waals surface area contributed by atoms with Crippen molar-refractivity contribution >= 4 is 5.82 Å². The van der Waals surface area contributed by atoms with Crippen molar-refractivity contribution in [1.29, 1.82) is 0 Å². The summed E-state index contributed by atoms with van der Waals surface area (Å²) in [5.41, 5.74) is 7.06. The fourth-order valence-corrected chi connectivity index (χ4v) is 1.76. The zero-order valence-corrected chi connectivity index (χ0v) is 9.48. The zero-order chi connectivity index (χ0) is 10.8. The Morgan fingerprint density at radius 1 is 1.53 bits per heavy atom. The molecule has 0 aliphatic heterocycles. The topological polar surface area (TPSA) is 42.1 Å². The summed E-state index contributed by atoms with van der Waals surface area (Å²) in [5.74, 6) is 1.07. The van der Waals surface area contributed by atoms with Crippen LogP contribution in [-0.2, 0) is 0 Å². The van der Waals surface area contributed by atoms with Gasteiger partial charge in [-0.3, -0.25) is 0 Å². The molecule has 82 valence electrons. The van der Waals surface area contributed by atoms with Gasteiger partial charge in [0, 0.05) is 24.8 Å². The summed E-state index contributed by atoms with van der Waals surface area (Å²) in [6.07, 6.45) is 4.48. The van der Waals surface area contributed by atoms with Crippen LogP contribution in [0.5, 0.6) is 0 Å². The second-order valence-electron chi connectivity index (χ2n) is 4.55. The third kappa shape index (κ3) is 2.69. The molecule has 0 bridgehead atoms. The molecule has 1 fully saturated rings. The Morgan fingerprint density at radius 2 is 2.27 bits per heavy atom. The van der Waals surface area contributed by atoms with Gasteiger partial charge in [0.05, 0.1) is 0 Å². The van der Waals surface area contributed by atoms with E-state index in [0.29, 0.717) is 6.04 Å². The van der Waals surface area contributed by atoms with Crippen molar-refractivity contribution in [3.63, 3.8) is 0 Å². The lowest BCUT2D eigenvalue weighted by atomic mass is 10.2. The lowest BCUT2D eigenvalue weighted by molar-refractivity contribution is 0.667. The molecule has 1 saturated carbocycles. The third-order valence-corrected chi connectivity index (χ3v) is 2.66. The minimum atomic E-state index is 0.203. The molecule has 1 aromatic rings. The Balaban J connectivity index is 2.13. The average molecular weight is 205 g/mol.